The Labute approximate surface area is 149 Å². The minimum Gasteiger partial charge on any atom is -0.258 e. The highest BCUT2D eigenvalue weighted by Gasteiger charge is 2.13. The number of benzene rings is 3. The lowest BCUT2D eigenvalue weighted by molar-refractivity contribution is 0.448. The van der Waals surface area contributed by atoms with Gasteiger partial charge in [-0.05, 0) is 48.9 Å². The number of hydrogen-bond donors (Lipinski definition) is 0. The zero-order valence-corrected chi connectivity index (χ0v) is 14.4. The fraction of sp³-hybridized carbons (Fsp3) is 0.143. The molecule has 2 nitrogen and oxygen atoms in total. The molecule has 0 radical (unpaired) electrons. The Morgan fingerprint density at radius 2 is 1.46 bits per heavy atom. The Morgan fingerprint density at radius 3 is 2.23 bits per heavy atom. The predicted octanol–water partition coefficient (Wildman–Crippen LogP) is 6.53. The van der Waals surface area contributed by atoms with Gasteiger partial charge in [0.1, 0.15) is 5.69 Å². The van der Waals surface area contributed by atoms with Crippen LogP contribution in [0.2, 0.25) is 0 Å². The molecule has 0 aliphatic carbocycles. The Bertz CT molecular complexity index is 1020. The molecule has 26 heavy (non-hydrogen) atoms. The van der Waals surface area contributed by atoms with Crippen molar-refractivity contribution in [3.05, 3.63) is 72.0 Å². The van der Waals surface area contributed by atoms with Crippen LogP contribution in [-0.4, -0.2) is 11.4 Å². The maximum absolute atomic E-state index is 13.7. The molecular weight excluding hydrogens is 337 g/mol. The smallest absolute Gasteiger partial charge is 0.196 e. The molecule has 0 amide bonds. The third-order valence-electron chi connectivity index (χ3n) is 3.89. The molecule has 132 valence electrons. The van der Waals surface area contributed by atoms with Gasteiger partial charge in [0.05, 0.1) is 5.69 Å². The number of nitrogens with zero attached hydrogens (tertiary/aromatic N) is 2. The molecule has 3 aromatic carbocycles. The maximum atomic E-state index is 13.7. The first kappa shape index (κ1) is 17.9. The molecule has 0 aliphatic heterocycles. The van der Waals surface area contributed by atoms with Crippen LogP contribution in [-0.2, 0) is 0 Å². The summed E-state index contributed by atoms with van der Waals surface area (Å²) in [6.07, 6.45) is 0.394. The maximum Gasteiger partial charge on any atom is 0.196 e. The van der Waals surface area contributed by atoms with E-state index in [-0.39, 0.29) is 5.69 Å². The fourth-order valence-corrected chi connectivity index (χ4v) is 2.72. The molecule has 0 N–H and O–H groups in total. The quantitative estimate of drug-likeness (QED) is 0.376. The molecule has 3 aromatic rings. The third-order valence-corrected chi connectivity index (χ3v) is 3.89. The van der Waals surface area contributed by atoms with Gasteiger partial charge in [0.15, 0.2) is 17.5 Å². The lowest BCUT2D eigenvalue weighted by atomic mass is 10.1. The van der Waals surface area contributed by atoms with Crippen LogP contribution in [0.25, 0.3) is 10.8 Å². The van der Waals surface area contributed by atoms with Gasteiger partial charge in [-0.2, -0.15) is 0 Å². The zero-order chi connectivity index (χ0) is 18.7. The fourth-order valence-electron chi connectivity index (χ4n) is 2.72. The number of hydrogen-bond acceptors (Lipinski definition) is 2. The summed E-state index contributed by atoms with van der Waals surface area (Å²) in [4.78, 5) is 8.60. The number of rotatable bonds is 4. The molecule has 0 saturated heterocycles. The summed E-state index contributed by atoms with van der Waals surface area (Å²) in [6, 6.07) is 15.9. The van der Waals surface area contributed by atoms with E-state index in [1.54, 1.807) is 6.92 Å². The lowest BCUT2D eigenvalue weighted by Gasteiger charge is -2.04. The number of aliphatic imine (C=N–C) groups is 2. The van der Waals surface area contributed by atoms with Crippen molar-refractivity contribution in [1.29, 1.82) is 0 Å². The molecule has 3 rings (SSSR count). The molecule has 0 fully saturated rings. The molecular formula is C21H17F3N2. The Balaban J connectivity index is 1.80. The Hall–Kier alpha value is -2.95. The van der Waals surface area contributed by atoms with Gasteiger partial charge in [0, 0.05) is 17.8 Å². The van der Waals surface area contributed by atoms with Crippen LogP contribution in [0.5, 0.6) is 0 Å². The average molecular weight is 354 g/mol. The van der Waals surface area contributed by atoms with Gasteiger partial charge in [-0.15, -0.1) is 0 Å². The zero-order valence-electron chi connectivity index (χ0n) is 14.4. The van der Waals surface area contributed by atoms with Gasteiger partial charge in [-0.25, -0.2) is 13.2 Å². The second-order valence-corrected chi connectivity index (χ2v) is 6.10. The van der Waals surface area contributed by atoms with Crippen molar-refractivity contribution in [2.24, 2.45) is 9.98 Å². The highest BCUT2D eigenvalue weighted by molar-refractivity contribution is 6.04. The molecule has 0 heterocycles. The second kappa shape index (κ2) is 7.52. The van der Waals surface area contributed by atoms with Gasteiger partial charge < -0.3 is 0 Å². The minimum absolute atomic E-state index is 0.222. The first-order chi connectivity index (χ1) is 12.4. The van der Waals surface area contributed by atoms with E-state index in [2.05, 4.69) is 9.98 Å². The van der Waals surface area contributed by atoms with Crippen LogP contribution in [0, 0.1) is 17.5 Å². The minimum atomic E-state index is -1.51. The number of halogens is 3. The van der Waals surface area contributed by atoms with Gasteiger partial charge >= 0.3 is 0 Å². The highest BCUT2D eigenvalue weighted by Crippen LogP contribution is 2.24. The molecule has 0 atom stereocenters. The van der Waals surface area contributed by atoms with Gasteiger partial charge in [-0.3, -0.25) is 9.98 Å². The van der Waals surface area contributed by atoms with Crippen molar-refractivity contribution in [2.45, 2.75) is 20.3 Å². The van der Waals surface area contributed by atoms with Gasteiger partial charge in [-0.1, -0.05) is 30.3 Å². The van der Waals surface area contributed by atoms with Crippen molar-refractivity contribution in [3.63, 3.8) is 0 Å². The number of fused-ring (bicyclic) bond motifs is 1. The van der Waals surface area contributed by atoms with Gasteiger partial charge in [0.2, 0.25) is 0 Å². The van der Waals surface area contributed by atoms with Crippen LogP contribution in [0.1, 0.15) is 20.3 Å². The predicted molar refractivity (Wildman–Crippen MR) is 100 cm³/mol. The highest BCUT2D eigenvalue weighted by atomic mass is 19.2. The van der Waals surface area contributed by atoms with E-state index in [1.807, 2.05) is 49.4 Å². The van der Waals surface area contributed by atoms with E-state index >= 15 is 0 Å². The summed E-state index contributed by atoms with van der Waals surface area (Å²) in [7, 11) is 0. The van der Waals surface area contributed by atoms with E-state index in [0.717, 1.165) is 34.3 Å². The van der Waals surface area contributed by atoms with Crippen LogP contribution >= 0.6 is 0 Å². The second-order valence-electron chi connectivity index (χ2n) is 6.10. The summed E-state index contributed by atoms with van der Waals surface area (Å²) < 4.78 is 40.0. The average Bonchev–Trinajstić information content (AvgIpc) is 2.62. The van der Waals surface area contributed by atoms with Crippen LogP contribution in [0.15, 0.2) is 64.6 Å². The third kappa shape index (κ3) is 3.99. The van der Waals surface area contributed by atoms with Crippen molar-refractivity contribution in [1.82, 2.24) is 0 Å². The molecule has 0 unspecified atom stereocenters. The molecule has 0 bridgehead atoms. The molecule has 0 aromatic heterocycles. The van der Waals surface area contributed by atoms with E-state index < -0.39 is 17.5 Å². The monoisotopic (exact) mass is 354 g/mol. The molecule has 5 heteroatoms. The molecule has 0 spiro atoms. The van der Waals surface area contributed by atoms with Crippen molar-refractivity contribution in [2.75, 3.05) is 0 Å². The summed E-state index contributed by atoms with van der Waals surface area (Å²) in [5.74, 6) is -4.03. The first-order valence-corrected chi connectivity index (χ1v) is 8.14. The molecule has 0 saturated carbocycles. The molecule has 0 aliphatic rings. The summed E-state index contributed by atoms with van der Waals surface area (Å²) >= 11 is 0. The van der Waals surface area contributed by atoms with Crippen molar-refractivity contribution in [3.8, 4) is 0 Å². The van der Waals surface area contributed by atoms with Crippen LogP contribution in [0.3, 0.4) is 0 Å². The Kier molecular flexibility index (Phi) is 5.16. The topological polar surface area (TPSA) is 24.7 Å². The van der Waals surface area contributed by atoms with E-state index in [0.29, 0.717) is 12.1 Å². The lowest BCUT2D eigenvalue weighted by Crippen LogP contribution is -2.01. The van der Waals surface area contributed by atoms with Gasteiger partial charge in [0.25, 0.3) is 0 Å². The largest absolute Gasteiger partial charge is 0.258 e. The first-order valence-electron chi connectivity index (χ1n) is 8.14. The summed E-state index contributed by atoms with van der Waals surface area (Å²) in [5, 5.41) is 2.23. The SMILES string of the molecule is CC(CC(C)=Nc1ccc(F)c(F)c1F)=Nc1ccc2ccccc2c1. The standard InChI is InChI=1S/C21H17F3N2/c1-13(25-17-8-7-15-5-3-4-6-16(15)12-17)11-14(2)26-19-10-9-18(22)20(23)21(19)24/h3-10,12H,11H2,1-2H3. The van der Waals surface area contributed by atoms with Crippen molar-refractivity contribution < 1.29 is 13.2 Å². The van der Waals surface area contributed by atoms with Crippen LogP contribution < -0.4 is 0 Å². The van der Waals surface area contributed by atoms with E-state index in [1.165, 1.54) is 0 Å². The summed E-state index contributed by atoms with van der Waals surface area (Å²) in [5.41, 5.74) is 1.93. The normalized spacial score (nSPS) is 12.7. The van der Waals surface area contributed by atoms with E-state index in [9.17, 15) is 13.2 Å². The van der Waals surface area contributed by atoms with Crippen LogP contribution in [0.4, 0.5) is 24.5 Å². The van der Waals surface area contributed by atoms with E-state index in [4.69, 9.17) is 0 Å². The van der Waals surface area contributed by atoms with Crippen molar-refractivity contribution >= 4 is 33.6 Å². The Morgan fingerprint density at radius 1 is 0.769 bits per heavy atom. The summed E-state index contributed by atoms with van der Waals surface area (Å²) in [6.45, 7) is 3.54.